The van der Waals surface area contributed by atoms with E-state index in [2.05, 4.69) is 22.9 Å². The average molecular weight is 286 g/mol. The van der Waals surface area contributed by atoms with Gasteiger partial charge in [-0.05, 0) is 24.6 Å². The van der Waals surface area contributed by atoms with Gasteiger partial charge in [0.1, 0.15) is 0 Å². The molecule has 0 spiro atoms. The van der Waals surface area contributed by atoms with Crippen molar-refractivity contribution in [2.45, 2.75) is 19.3 Å². The standard InChI is InChI=1S/C12H16BrNO2/c1-8(7-14)11-9(13)3-4-10-12(11)16-6-2-5-15-10/h3-4,8H,2,5-7,14H2,1H3. The summed E-state index contributed by atoms with van der Waals surface area (Å²) in [5.74, 6) is 1.94. The molecule has 0 fully saturated rings. The third-order valence-electron chi connectivity index (χ3n) is 2.75. The Morgan fingerprint density at radius 3 is 2.88 bits per heavy atom. The van der Waals surface area contributed by atoms with Crippen molar-refractivity contribution in [3.8, 4) is 11.5 Å². The summed E-state index contributed by atoms with van der Waals surface area (Å²) in [6.45, 7) is 4.10. The van der Waals surface area contributed by atoms with Gasteiger partial charge in [0, 0.05) is 16.5 Å². The molecule has 2 N–H and O–H groups in total. The Balaban J connectivity index is 2.48. The smallest absolute Gasteiger partial charge is 0.165 e. The van der Waals surface area contributed by atoms with E-state index in [1.807, 2.05) is 12.1 Å². The van der Waals surface area contributed by atoms with Crippen LogP contribution in [-0.4, -0.2) is 19.8 Å². The Bertz CT molecular complexity index is 382. The minimum Gasteiger partial charge on any atom is -0.490 e. The molecule has 0 saturated heterocycles. The van der Waals surface area contributed by atoms with Crippen molar-refractivity contribution >= 4 is 15.9 Å². The fourth-order valence-electron chi connectivity index (χ4n) is 1.81. The zero-order chi connectivity index (χ0) is 11.5. The maximum Gasteiger partial charge on any atom is 0.165 e. The second kappa shape index (κ2) is 5.06. The molecule has 1 aromatic rings. The van der Waals surface area contributed by atoms with Gasteiger partial charge in [-0.15, -0.1) is 0 Å². The molecule has 1 aliphatic rings. The molecule has 1 unspecified atom stereocenters. The number of rotatable bonds is 2. The second-order valence-electron chi connectivity index (χ2n) is 3.98. The molecule has 1 aliphatic heterocycles. The third-order valence-corrected chi connectivity index (χ3v) is 3.44. The summed E-state index contributed by atoms with van der Waals surface area (Å²) in [6, 6.07) is 3.94. The average Bonchev–Trinajstić information content (AvgIpc) is 2.53. The topological polar surface area (TPSA) is 44.5 Å². The summed E-state index contributed by atoms with van der Waals surface area (Å²) in [6.07, 6.45) is 0.919. The van der Waals surface area contributed by atoms with Gasteiger partial charge in [0.25, 0.3) is 0 Å². The molecule has 1 heterocycles. The predicted molar refractivity (Wildman–Crippen MR) is 67.2 cm³/mol. The predicted octanol–water partition coefficient (Wildman–Crippen LogP) is 2.67. The molecule has 88 valence electrons. The van der Waals surface area contributed by atoms with Crippen LogP contribution in [0.15, 0.2) is 16.6 Å². The molecule has 4 heteroatoms. The third kappa shape index (κ3) is 2.18. The van der Waals surface area contributed by atoms with Crippen molar-refractivity contribution in [2.75, 3.05) is 19.8 Å². The molecule has 0 amide bonds. The first-order chi connectivity index (χ1) is 7.74. The Hall–Kier alpha value is -0.740. The maximum atomic E-state index is 5.77. The van der Waals surface area contributed by atoms with Gasteiger partial charge in [0.15, 0.2) is 11.5 Å². The Morgan fingerprint density at radius 1 is 1.38 bits per heavy atom. The van der Waals surface area contributed by atoms with Crippen molar-refractivity contribution in [2.24, 2.45) is 5.73 Å². The first kappa shape index (κ1) is 11.7. The van der Waals surface area contributed by atoms with Crippen LogP contribution in [0.1, 0.15) is 24.8 Å². The quantitative estimate of drug-likeness (QED) is 0.909. The van der Waals surface area contributed by atoms with Crippen LogP contribution in [0, 0.1) is 0 Å². The van der Waals surface area contributed by atoms with Gasteiger partial charge < -0.3 is 15.2 Å². The van der Waals surface area contributed by atoms with Crippen LogP contribution >= 0.6 is 15.9 Å². The summed E-state index contributed by atoms with van der Waals surface area (Å²) in [5, 5.41) is 0. The van der Waals surface area contributed by atoms with Crippen molar-refractivity contribution in [3.05, 3.63) is 22.2 Å². The summed E-state index contributed by atoms with van der Waals surface area (Å²) in [4.78, 5) is 0. The Kier molecular flexibility index (Phi) is 3.71. The zero-order valence-electron chi connectivity index (χ0n) is 9.33. The fourth-order valence-corrected chi connectivity index (χ4v) is 2.51. The van der Waals surface area contributed by atoms with Crippen molar-refractivity contribution in [3.63, 3.8) is 0 Å². The van der Waals surface area contributed by atoms with E-state index in [-0.39, 0.29) is 5.92 Å². The molecular weight excluding hydrogens is 270 g/mol. The highest BCUT2D eigenvalue weighted by Crippen LogP contribution is 2.41. The lowest BCUT2D eigenvalue weighted by Crippen LogP contribution is -2.11. The van der Waals surface area contributed by atoms with E-state index in [1.54, 1.807) is 0 Å². The minimum absolute atomic E-state index is 0.256. The van der Waals surface area contributed by atoms with Gasteiger partial charge in [-0.3, -0.25) is 0 Å². The van der Waals surface area contributed by atoms with E-state index < -0.39 is 0 Å². The summed E-state index contributed by atoms with van der Waals surface area (Å²) in [5.41, 5.74) is 6.84. The van der Waals surface area contributed by atoms with E-state index >= 15 is 0 Å². The van der Waals surface area contributed by atoms with Gasteiger partial charge in [-0.2, -0.15) is 0 Å². The van der Waals surface area contributed by atoms with Crippen LogP contribution in [0.2, 0.25) is 0 Å². The number of ether oxygens (including phenoxy) is 2. The maximum absolute atomic E-state index is 5.77. The molecule has 16 heavy (non-hydrogen) atoms. The molecule has 0 aromatic heterocycles. The van der Waals surface area contributed by atoms with E-state index in [1.165, 1.54) is 0 Å². The molecule has 1 atom stereocenters. The largest absolute Gasteiger partial charge is 0.490 e. The second-order valence-corrected chi connectivity index (χ2v) is 4.83. The van der Waals surface area contributed by atoms with Crippen LogP contribution in [-0.2, 0) is 0 Å². The van der Waals surface area contributed by atoms with Crippen LogP contribution in [0.4, 0.5) is 0 Å². The number of halogens is 1. The SMILES string of the molecule is CC(CN)c1c(Br)ccc2c1OCCCO2. The number of benzene rings is 1. The van der Waals surface area contributed by atoms with Gasteiger partial charge in [0.2, 0.25) is 0 Å². The molecule has 0 aliphatic carbocycles. The molecule has 0 radical (unpaired) electrons. The summed E-state index contributed by atoms with van der Waals surface area (Å²) < 4.78 is 12.5. The lowest BCUT2D eigenvalue weighted by molar-refractivity contribution is 0.295. The highest BCUT2D eigenvalue weighted by atomic mass is 79.9. The normalized spacial score (nSPS) is 16.7. The highest BCUT2D eigenvalue weighted by Gasteiger charge is 2.20. The number of hydrogen-bond donors (Lipinski definition) is 1. The highest BCUT2D eigenvalue weighted by molar-refractivity contribution is 9.10. The van der Waals surface area contributed by atoms with Gasteiger partial charge >= 0.3 is 0 Å². The first-order valence-electron chi connectivity index (χ1n) is 5.52. The first-order valence-corrected chi connectivity index (χ1v) is 6.31. The monoisotopic (exact) mass is 285 g/mol. The van der Waals surface area contributed by atoms with Crippen molar-refractivity contribution < 1.29 is 9.47 Å². The molecule has 0 saturated carbocycles. The van der Waals surface area contributed by atoms with Gasteiger partial charge in [-0.1, -0.05) is 22.9 Å². The number of fused-ring (bicyclic) bond motifs is 1. The minimum atomic E-state index is 0.256. The molecular formula is C12H16BrNO2. The summed E-state index contributed by atoms with van der Waals surface area (Å²) in [7, 11) is 0. The molecule has 0 bridgehead atoms. The molecule has 1 aromatic carbocycles. The molecule has 2 rings (SSSR count). The zero-order valence-corrected chi connectivity index (χ0v) is 10.9. The van der Waals surface area contributed by atoms with Crippen LogP contribution in [0.25, 0.3) is 0 Å². The van der Waals surface area contributed by atoms with E-state index in [0.717, 1.165) is 28.0 Å². The lowest BCUT2D eigenvalue weighted by atomic mass is 10.00. The molecule has 3 nitrogen and oxygen atoms in total. The van der Waals surface area contributed by atoms with E-state index in [0.29, 0.717) is 19.8 Å². The Morgan fingerprint density at radius 2 is 2.12 bits per heavy atom. The fraction of sp³-hybridized carbons (Fsp3) is 0.500. The van der Waals surface area contributed by atoms with Crippen LogP contribution in [0.3, 0.4) is 0 Å². The van der Waals surface area contributed by atoms with Crippen molar-refractivity contribution in [1.29, 1.82) is 0 Å². The Labute approximate surface area is 104 Å². The van der Waals surface area contributed by atoms with E-state index in [9.17, 15) is 0 Å². The summed E-state index contributed by atoms with van der Waals surface area (Å²) >= 11 is 3.55. The van der Waals surface area contributed by atoms with Crippen LogP contribution in [0.5, 0.6) is 11.5 Å². The number of nitrogens with two attached hydrogens (primary N) is 1. The van der Waals surface area contributed by atoms with Crippen molar-refractivity contribution in [1.82, 2.24) is 0 Å². The lowest BCUT2D eigenvalue weighted by Gasteiger charge is -2.18. The van der Waals surface area contributed by atoms with Gasteiger partial charge in [-0.25, -0.2) is 0 Å². The number of hydrogen-bond acceptors (Lipinski definition) is 3. The van der Waals surface area contributed by atoms with Gasteiger partial charge in [0.05, 0.1) is 13.2 Å². The van der Waals surface area contributed by atoms with E-state index in [4.69, 9.17) is 15.2 Å². The van der Waals surface area contributed by atoms with Crippen LogP contribution < -0.4 is 15.2 Å².